The Morgan fingerprint density at radius 2 is 2.30 bits per heavy atom. The van der Waals surface area contributed by atoms with Crippen molar-refractivity contribution in [2.75, 3.05) is 38.3 Å². The molecule has 1 aromatic heterocycles. The zero-order valence-corrected chi connectivity index (χ0v) is 12.4. The summed E-state index contributed by atoms with van der Waals surface area (Å²) in [5.41, 5.74) is 2.75. The Labute approximate surface area is 121 Å². The summed E-state index contributed by atoms with van der Waals surface area (Å²) in [6, 6.07) is 5.06. The predicted octanol–water partition coefficient (Wildman–Crippen LogP) is 1.78. The highest BCUT2D eigenvalue weighted by Crippen LogP contribution is 2.23. The van der Waals surface area contributed by atoms with Crippen molar-refractivity contribution >= 4 is 5.82 Å². The lowest BCUT2D eigenvalue weighted by atomic mass is 10.2. The van der Waals surface area contributed by atoms with E-state index in [4.69, 9.17) is 9.72 Å². The summed E-state index contributed by atoms with van der Waals surface area (Å²) in [7, 11) is 1.77. The number of anilines is 1. The van der Waals surface area contributed by atoms with Crippen LogP contribution in [0.25, 0.3) is 0 Å². The van der Waals surface area contributed by atoms with Gasteiger partial charge in [0.05, 0.1) is 6.61 Å². The molecule has 0 amide bonds. The number of pyridine rings is 1. The smallest absolute Gasteiger partial charge is 0.128 e. The first kappa shape index (κ1) is 13.8. The summed E-state index contributed by atoms with van der Waals surface area (Å²) < 4.78 is 5.26. The van der Waals surface area contributed by atoms with Gasteiger partial charge in [0.2, 0.25) is 0 Å². The molecule has 0 saturated carbocycles. The largest absolute Gasteiger partial charge is 0.383 e. The Hall–Kier alpha value is -1.13. The van der Waals surface area contributed by atoms with E-state index in [1.54, 1.807) is 7.11 Å². The second-order valence-electron chi connectivity index (χ2n) is 5.86. The molecule has 1 fully saturated rings. The van der Waals surface area contributed by atoms with Gasteiger partial charge in [0.25, 0.3) is 0 Å². The van der Waals surface area contributed by atoms with Gasteiger partial charge >= 0.3 is 0 Å². The highest BCUT2D eigenvalue weighted by atomic mass is 16.5. The third-order valence-corrected chi connectivity index (χ3v) is 4.41. The van der Waals surface area contributed by atoms with Crippen LogP contribution in [0.2, 0.25) is 0 Å². The molecular formula is C16H25N3O. The maximum atomic E-state index is 5.26. The van der Waals surface area contributed by atoms with Crippen LogP contribution in [0.15, 0.2) is 12.1 Å². The molecule has 3 rings (SSSR count). The van der Waals surface area contributed by atoms with Crippen molar-refractivity contribution < 1.29 is 4.74 Å². The molecule has 0 bridgehead atoms. The summed E-state index contributed by atoms with van der Waals surface area (Å²) in [6.07, 6.45) is 6.16. The van der Waals surface area contributed by atoms with Crippen molar-refractivity contribution in [2.45, 2.75) is 38.1 Å². The van der Waals surface area contributed by atoms with Gasteiger partial charge in [-0.3, -0.25) is 0 Å². The van der Waals surface area contributed by atoms with Crippen LogP contribution in [-0.2, 0) is 17.6 Å². The van der Waals surface area contributed by atoms with Crippen molar-refractivity contribution in [1.82, 2.24) is 10.3 Å². The summed E-state index contributed by atoms with van der Waals surface area (Å²) >= 11 is 0. The van der Waals surface area contributed by atoms with Gasteiger partial charge in [-0.2, -0.15) is 0 Å². The van der Waals surface area contributed by atoms with E-state index >= 15 is 0 Å². The second-order valence-corrected chi connectivity index (χ2v) is 5.86. The lowest BCUT2D eigenvalue weighted by Crippen LogP contribution is -2.39. The first-order chi connectivity index (χ1) is 9.86. The zero-order valence-electron chi connectivity index (χ0n) is 12.4. The van der Waals surface area contributed by atoms with Gasteiger partial charge in [0.1, 0.15) is 5.82 Å². The molecule has 0 spiro atoms. The minimum atomic E-state index is 0.599. The number of aryl methyl sites for hydroxylation is 2. The number of aromatic nitrogens is 1. The molecule has 4 nitrogen and oxygen atoms in total. The number of hydrogen-bond donors (Lipinski definition) is 1. The van der Waals surface area contributed by atoms with E-state index < -0.39 is 0 Å². The number of methoxy groups -OCH3 is 1. The standard InChI is InChI=1S/C16H25N3O/c1-20-11-10-19(12-14-5-3-9-17-14)16-8-7-13-4-2-6-15(13)18-16/h7-8,14,17H,2-6,9-12H2,1H3. The van der Waals surface area contributed by atoms with Crippen molar-refractivity contribution in [1.29, 1.82) is 0 Å². The van der Waals surface area contributed by atoms with E-state index in [1.165, 1.54) is 36.9 Å². The van der Waals surface area contributed by atoms with Gasteiger partial charge in [0.15, 0.2) is 0 Å². The molecule has 1 atom stereocenters. The van der Waals surface area contributed by atoms with Gasteiger partial charge in [-0.05, 0) is 50.3 Å². The quantitative estimate of drug-likeness (QED) is 0.858. The normalized spacial score (nSPS) is 21.1. The molecule has 1 aliphatic heterocycles. The molecule has 4 heteroatoms. The lowest BCUT2D eigenvalue weighted by molar-refractivity contribution is 0.204. The second kappa shape index (κ2) is 6.55. The average Bonchev–Trinajstić information content (AvgIpc) is 3.13. The van der Waals surface area contributed by atoms with Gasteiger partial charge in [0, 0.05) is 31.9 Å². The van der Waals surface area contributed by atoms with Crippen molar-refractivity contribution in [2.24, 2.45) is 0 Å². The molecule has 1 unspecified atom stereocenters. The van der Waals surface area contributed by atoms with Crippen LogP contribution >= 0.6 is 0 Å². The molecular weight excluding hydrogens is 250 g/mol. The fraction of sp³-hybridized carbons (Fsp3) is 0.688. The highest BCUT2D eigenvalue weighted by molar-refractivity contribution is 5.43. The Balaban J connectivity index is 1.73. The van der Waals surface area contributed by atoms with Gasteiger partial charge in [-0.25, -0.2) is 4.98 Å². The number of hydrogen-bond acceptors (Lipinski definition) is 4. The van der Waals surface area contributed by atoms with E-state index in [-0.39, 0.29) is 0 Å². The zero-order chi connectivity index (χ0) is 13.8. The Bertz CT molecular complexity index is 443. The first-order valence-electron chi connectivity index (χ1n) is 7.83. The highest BCUT2D eigenvalue weighted by Gasteiger charge is 2.20. The van der Waals surface area contributed by atoms with Crippen LogP contribution in [-0.4, -0.2) is 44.4 Å². The van der Waals surface area contributed by atoms with Crippen molar-refractivity contribution in [3.8, 4) is 0 Å². The van der Waals surface area contributed by atoms with E-state index in [1.807, 2.05) is 0 Å². The fourth-order valence-corrected chi connectivity index (χ4v) is 3.26. The van der Waals surface area contributed by atoms with Crippen LogP contribution in [0, 0.1) is 0 Å². The topological polar surface area (TPSA) is 37.4 Å². The third-order valence-electron chi connectivity index (χ3n) is 4.41. The summed E-state index contributed by atoms with van der Waals surface area (Å²) in [5, 5.41) is 3.58. The maximum absolute atomic E-state index is 5.26. The third kappa shape index (κ3) is 3.13. The SMILES string of the molecule is COCCN(CC1CCCN1)c1ccc2c(n1)CCC2. The van der Waals surface area contributed by atoms with Crippen LogP contribution in [0.1, 0.15) is 30.5 Å². The van der Waals surface area contributed by atoms with E-state index in [0.717, 1.165) is 38.5 Å². The van der Waals surface area contributed by atoms with Gasteiger partial charge in [-0.1, -0.05) is 6.07 Å². The molecule has 2 aliphatic rings. The number of nitrogens with one attached hydrogen (secondary N) is 1. The number of nitrogens with zero attached hydrogens (tertiary/aromatic N) is 2. The van der Waals surface area contributed by atoms with E-state index in [2.05, 4.69) is 22.3 Å². The Kier molecular flexibility index (Phi) is 4.53. The summed E-state index contributed by atoms with van der Waals surface area (Å²) in [5.74, 6) is 1.12. The average molecular weight is 275 g/mol. The fourth-order valence-electron chi connectivity index (χ4n) is 3.26. The monoisotopic (exact) mass is 275 g/mol. The molecule has 2 heterocycles. The molecule has 20 heavy (non-hydrogen) atoms. The molecule has 1 aromatic rings. The van der Waals surface area contributed by atoms with E-state index in [0.29, 0.717) is 6.04 Å². The number of rotatable bonds is 6. The van der Waals surface area contributed by atoms with E-state index in [9.17, 15) is 0 Å². The Morgan fingerprint density at radius 1 is 1.35 bits per heavy atom. The lowest BCUT2D eigenvalue weighted by Gasteiger charge is -2.27. The van der Waals surface area contributed by atoms with Gasteiger partial charge < -0.3 is 15.0 Å². The number of ether oxygens (including phenoxy) is 1. The molecule has 1 saturated heterocycles. The molecule has 110 valence electrons. The predicted molar refractivity (Wildman–Crippen MR) is 81.4 cm³/mol. The summed E-state index contributed by atoms with van der Waals surface area (Å²) in [6.45, 7) is 3.86. The summed E-state index contributed by atoms with van der Waals surface area (Å²) in [4.78, 5) is 7.27. The molecule has 1 N–H and O–H groups in total. The van der Waals surface area contributed by atoms with Crippen molar-refractivity contribution in [3.05, 3.63) is 23.4 Å². The Morgan fingerprint density at radius 3 is 3.10 bits per heavy atom. The van der Waals surface area contributed by atoms with Crippen LogP contribution in [0.3, 0.4) is 0 Å². The molecule has 0 aromatic carbocycles. The van der Waals surface area contributed by atoms with Gasteiger partial charge in [-0.15, -0.1) is 0 Å². The molecule has 1 aliphatic carbocycles. The molecule has 0 radical (unpaired) electrons. The number of fused-ring (bicyclic) bond motifs is 1. The maximum Gasteiger partial charge on any atom is 0.128 e. The van der Waals surface area contributed by atoms with Crippen LogP contribution < -0.4 is 10.2 Å². The minimum Gasteiger partial charge on any atom is -0.383 e. The minimum absolute atomic E-state index is 0.599. The van der Waals surface area contributed by atoms with Crippen molar-refractivity contribution in [3.63, 3.8) is 0 Å². The first-order valence-corrected chi connectivity index (χ1v) is 7.83. The van der Waals surface area contributed by atoms with Crippen LogP contribution in [0.4, 0.5) is 5.82 Å². The van der Waals surface area contributed by atoms with Crippen LogP contribution in [0.5, 0.6) is 0 Å².